The summed E-state index contributed by atoms with van der Waals surface area (Å²) in [5.41, 5.74) is 2.06. The van der Waals surface area contributed by atoms with E-state index in [1.165, 1.54) is 30.3 Å². The number of halogens is 3. The lowest BCUT2D eigenvalue weighted by Crippen LogP contribution is -2.30. The van der Waals surface area contributed by atoms with E-state index < -0.39 is 29.4 Å². The van der Waals surface area contributed by atoms with Gasteiger partial charge in [-0.05, 0) is 53.8 Å². The molecule has 12 heteroatoms. The molecule has 2 amide bonds. The molecular weight excluding hydrogens is 544 g/mol. The van der Waals surface area contributed by atoms with Crippen molar-refractivity contribution in [3.63, 3.8) is 0 Å². The Labute approximate surface area is 231 Å². The van der Waals surface area contributed by atoms with Gasteiger partial charge in [0, 0.05) is 12.6 Å². The smallest absolute Gasteiger partial charge is 0.338 e. The van der Waals surface area contributed by atoms with E-state index in [2.05, 4.69) is 27.3 Å². The normalized spacial score (nSPS) is 14.0. The lowest BCUT2D eigenvalue weighted by molar-refractivity contribution is 0.0549. The number of hydrogen-bond donors (Lipinski definition) is 2. The van der Waals surface area contributed by atoms with E-state index in [4.69, 9.17) is 16.3 Å². The monoisotopic (exact) mass is 565 g/mol. The van der Waals surface area contributed by atoms with Crippen LogP contribution in [-0.2, 0) is 17.7 Å². The highest BCUT2D eigenvalue weighted by Crippen LogP contribution is 2.32. The standard InChI is InChI=1S/C28H22ClF2N5O4/c1-2-9-40-28(39)17-4-6-18-16(11-17)5-8-22(18)35-27(38)24-12-23(34-25-21(31)14-33-36(24)25)26(37)32-13-15-3-7-20(30)19(29)10-15/h2-4,6-7,10-12,14,22H,1,5,8-9,13H2,(H,32,37)(H,35,38)/t22-/m0/s1. The second-order valence-electron chi connectivity index (χ2n) is 9.05. The highest BCUT2D eigenvalue weighted by atomic mass is 35.5. The number of aromatic nitrogens is 3. The molecule has 0 aliphatic heterocycles. The van der Waals surface area contributed by atoms with Crippen LogP contribution in [-0.4, -0.2) is 39.0 Å². The number of carbonyl (C=O) groups is 3. The maximum Gasteiger partial charge on any atom is 0.338 e. The number of benzene rings is 2. The van der Waals surface area contributed by atoms with Gasteiger partial charge in [0.05, 0.1) is 22.8 Å². The van der Waals surface area contributed by atoms with Crippen LogP contribution < -0.4 is 10.6 Å². The van der Waals surface area contributed by atoms with Gasteiger partial charge in [-0.25, -0.2) is 23.1 Å². The zero-order chi connectivity index (χ0) is 28.4. The minimum absolute atomic E-state index is 0.00303. The molecular formula is C28H22ClF2N5O4. The number of hydrogen-bond acceptors (Lipinski definition) is 6. The Hall–Kier alpha value is -4.64. The van der Waals surface area contributed by atoms with E-state index in [-0.39, 0.29) is 41.3 Å². The van der Waals surface area contributed by atoms with Gasteiger partial charge in [0.15, 0.2) is 11.5 Å². The van der Waals surface area contributed by atoms with Crippen molar-refractivity contribution in [2.24, 2.45) is 0 Å². The first kappa shape index (κ1) is 26.9. The van der Waals surface area contributed by atoms with Crippen molar-refractivity contribution in [3.8, 4) is 0 Å². The largest absolute Gasteiger partial charge is 0.458 e. The van der Waals surface area contributed by atoms with E-state index >= 15 is 0 Å². The number of esters is 1. The third-order valence-electron chi connectivity index (χ3n) is 6.43. The topological polar surface area (TPSA) is 115 Å². The predicted octanol–water partition coefficient (Wildman–Crippen LogP) is 4.35. The van der Waals surface area contributed by atoms with Crippen LogP contribution >= 0.6 is 11.6 Å². The average molecular weight is 566 g/mol. The first-order chi connectivity index (χ1) is 19.2. The molecule has 2 N–H and O–H groups in total. The summed E-state index contributed by atoms with van der Waals surface area (Å²) in [6.07, 6.45) is 3.57. The SMILES string of the molecule is C=CCOC(=O)c1ccc2c(c1)CC[C@@H]2NC(=O)c1cc(C(=O)NCc2ccc(F)c(Cl)c2)nc2c(F)cnn12. The molecule has 9 nitrogen and oxygen atoms in total. The molecule has 1 aliphatic carbocycles. The van der Waals surface area contributed by atoms with Gasteiger partial charge in [-0.3, -0.25) is 9.59 Å². The summed E-state index contributed by atoms with van der Waals surface area (Å²) >= 11 is 5.79. The Morgan fingerprint density at radius 3 is 2.73 bits per heavy atom. The Bertz CT molecular complexity index is 1670. The summed E-state index contributed by atoms with van der Waals surface area (Å²) in [5.74, 6) is -3.14. The summed E-state index contributed by atoms with van der Waals surface area (Å²) in [7, 11) is 0. The fourth-order valence-corrected chi connectivity index (χ4v) is 4.68. The molecule has 2 heterocycles. The minimum Gasteiger partial charge on any atom is -0.458 e. The summed E-state index contributed by atoms with van der Waals surface area (Å²) < 4.78 is 34.0. The van der Waals surface area contributed by atoms with Crippen LogP contribution in [0.25, 0.3) is 5.65 Å². The summed E-state index contributed by atoms with van der Waals surface area (Å²) in [6.45, 7) is 3.62. The predicted molar refractivity (Wildman–Crippen MR) is 141 cm³/mol. The van der Waals surface area contributed by atoms with Gasteiger partial charge in [0.25, 0.3) is 11.8 Å². The van der Waals surface area contributed by atoms with Crippen LogP contribution in [0.1, 0.15) is 60.5 Å². The van der Waals surface area contributed by atoms with Crippen molar-refractivity contribution >= 4 is 35.0 Å². The van der Waals surface area contributed by atoms with Crippen molar-refractivity contribution in [2.45, 2.75) is 25.4 Å². The fraction of sp³-hybridized carbons (Fsp3) is 0.179. The number of amides is 2. The van der Waals surface area contributed by atoms with Crippen molar-refractivity contribution in [2.75, 3.05) is 6.61 Å². The zero-order valence-electron chi connectivity index (χ0n) is 20.9. The van der Waals surface area contributed by atoms with Gasteiger partial charge >= 0.3 is 5.97 Å². The fourth-order valence-electron chi connectivity index (χ4n) is 4.48. The van der Waals surface area contributed by atoms with E-state index in [0.29, 0.717) is 24.0 Å². The maximum absolute atomic E-state index is 14.4. The molecule has 0 fully saturated rings. The number of carbonyl (C=O) groups excluding carboxylic acids is 3. The van der Waals surface area contributed by atoms with Crippen molar-refractivity contribution < 1.29 is 27.9 Å². The first-order valence-corrected chi connectivity index (χ1v) is 12.6. The zero-order valence-corrected chi connectivity index (χ0v) is 21.7. The van der Waals surface area contributed by atoms with Crippen LogP contribution in [0, 0.1) is 11.6 Å². The Morgan fingerprint density at radius 2 is 1.95 bits per heavy atom. The number of nitrogens with zero attached hydrogens (tertiary/aromatic N) is 3. The first-order valence-electron chi connectivity index (χ1n) is 12.2. The van der Waals surface area contributed by atoms with E-state index in [1.54, 1.807) is 18.2 Å². The van der Waals surface area contributed by atoms with Gasteiger partial charge in [0.2, 0.25) is 0 Å². The quantitative estimate of drug-likeness (QED) is 0.242. The number of rotatable bonds is 8. The van der Waals surface area contributed by atoms with Crippen LogP contribution in [0.4, 0.5) is 8.78 Å². The third-order valence-corrected chi connectivity index (χ3v) is 6.71. The van der Waals surface area contributed by atoms with Crippen molar-refractivity contribution in [1.82, 2.24) is 25.2 Å². The molecule has 1 atom stereocenters. The molecule has 0 saturated heterocycles. The molecule has 204 valence electrons. The molecule has 1 aliphatic rings. The second-order valence-corrected chi connectivity index (χ2v) is 9.46. The molecule has 2 aromatic carbocycles. The lowest BCUT2D eigenvalue weighted by atomic mass is 10.0. The van der Waals surface area contributed by atoms with E-state index in [1.807, 2.05) is 0 Å². The Balaban J connectivity index is 1.35. The van der Waals surface area contributed by atoms with Gasteiger partial charge in [-0.1, -0.05) is 36.4 Å². The number of fused-ring (bicyclic) bond motifs is 2. The molecule has 4 aromatic rings. The van der Waals surface area contributed by atoms with Crippen molar-refractivity contribution in [1.29, 1.82) is 0 Å². The molecule has 0 spiro atoms. The van der Waals surface area contributed by atoms with Gasteiger partial charge < -0.3 is 15.4 Å². The Morgan fingerprint density at radius 1 is 1.12 bits per heavy atom. The number of nitrogens with one attached hydrogen (secondary N) is 2. The summed E-state index contributed by atoms with van der Waals surface area (Å²) in [5, 5.41) is 9.33. The van der Waals surface area contributed by atoms with Gasteiger partial charge in [0.1, 0.15) is 23.8 Å². The van der Waals surface area contributed by atoms with Crippen LogP contribution in [0.15, 0.2) is 61.3 Å². The molecule has 0 saturated carbocycles. The molecule has 0 radical (unpaired) electrons. The second kappa shape index (κ2) is 11.2. The minimum atomic E-state index is -0.809. The molecule has 0 bridgehead atoms. The summed E-state index contributed by atoms with van der Waals surface area (Å²) in [4.78, 5) is 42.4. The van der Waals surface area contributed by atoms with Crippen LogP contribution in [0.2, 0.25) is 5.02 Å². The highest BCUT2D eigenvalue weighted by molar-refractivity contribution is 6.30. The summed E-state index contributed by atoms with van der Waals surface area (Å²) in [6, 6.07) is 9.95. The highest BCUT2D eigenvalue weighted by Gasteiger charge is 2.27. The number of aryl methyl sites for hydroxylation is 1. The molecule has 2 aromatic heterocycles. The molecule has 5 rings (SSSR count). The van der Waals surface area contributed by atoms with E-state index in [9.17, 15) is 23.2 Å². The lowest BCUT2D eigenvalue weighted by Gasteiger charge is -2.15. The maximum atomic E-state index is 14.4. The average Bonchev–Trinajstić information content (AvgIpc) is 3.54. The molecule has 40 heavy (non-hydrogen) atoms. The van der Waals surface area contributed by atoms with Gasteiger partial charge in [-0.2, -0.15) is 5.10 Å². The van der Waals surface area contributed by atoms with Crippen molar-refractivity contribution in [3.05, 3.63) is 112 Å². The third kappa shape index (κ3) is 5.41. The van der Waals surface area contributed by atoms with E-state index in [0.717, 1.165) is 21.8 Å². The Kier molecular flexibility index (Phi) is 7.56. The van der Waals surface area contributed by atoms with Crippen LogP contribution in [0.5, 0.6) is 0 Å². The van der Waals surface area contributed by atoms with Gasteiger partial charge in [-0.15, -0.1) is 0 Å². The van der Waals surface area contributed by atoms with Crippen LogP contribution in [0.3, 0.4) is 0 Å². The number of ether oxygens (including phenoxy) is 1. The molecule has 0 unspecified atom stereocenters.